The first kappa shape index (κ1) is 14.8. The summed E-state index contributed by atoms with van der Waals surface area (Å²) in [5, 5.41) is 14.3. The molecular weight excluding hydrogens is 381 g/mol. The Morgan fingerprint density at radius 1 is 1.24 bits per heavy atom. The molecule has 0 saturated heterocycles. The minimum Gasteiger partial charge on any atom is -0.550 e. The summed E-state index contributed by atoms with van der Waals surface area (Å²) in [5.74, 6) is -1.97. The molecule has 1 N–H and O–H groups in total. The normalized spacial score (nSPS) is 30.4. The molecule has 1 aromatic carbocycles. The fraction of sp³-hybridized carbons (Fsp3) is 0.500. The fourth-order valence-electron chi connectivity index (χ4n) is 3.99. The maximum absolute atomic E-state index is 12.6. The van der Waals surface area contributed by atoms with Gasteiger partial charge in [-0.15, -0.1) is 0 Å². The summed E-state index contributed by atoms with van der Waals surface area (Å²) in [6, 6.07) is 5.80. The molecule has 2 bridgehead atoms. The van der Waals surface area contributed by atoms with Crippen LogP contribution in [0, 0.1) is 34.2 Å². The molecule has 0 spiro atoms. The van der Waals surface area contributed by atoms with E-state index in [2.05, 4.69) is 27.9 Å². The largest absolute Gasteiger partial charge is 0.550 e. The Bertz CT molecular complexity index is 601. The topological polar surface area (TPSA) is 69.2 Å². The van der Waals surface area contributed by atoms with Gasteiger partial charge in [0.2, 0.25) is 5.91 Å². The number of carboxylic acid groups (broad SMARTS) is 1. The van der Waals surface area contributed by atoms with Crippen LogP contribution in [-0.2, 0) is 9.59 Å². The zero-order chi connectivity index (χ0) is 15.1. The summed E-state index contributed by atoms with van der Waals surface area (Å²) in [4.78, 5) is 23.9. The average Bonchev–Trinajstić information content (AvgIpc) is 3.02. The highest BCUT2D eigenvalue weighted by atomic mass is 127. The highest BCUT2D eigenvalue weighted by Gasteiger charge is 2.51. The van der Waals surface area contributed by atoms with Gasteiger partial charge in [0.25, 0.3) is 0 Å². The van der Waals surface area contributed by atoms with Gasteiger partial charge in [-0.25, -0.2) is 0 Å². The second-order valence-electron chi connectivity index (χ2n) is 6.15. The Morgan fingerprint density at radius 3 is 2.52 bits per heavy atom. The number of nitrogens with one attached hydrogen (secondary N) is 1. The molecule has 21 heavy (non-hydrogen) atoms. The first-order valence-corrected chi connectivity index (χ1v) is 8.33. The Hall–Kier alpha value is -1.11. The number of benzene rings is 1. The minimum atomic E-state index is -1.07. The van der Waals surface area contributed by atoms with Crippen molar-refractivity contribution in [2.45, 2.75) is 26.2 Å². The molecule has 4 nitrogen and oxygen atoms in total. The van der Waals surface area contributed by atoms with Crippen molar-refractivity contribution in [1.29, 1.82) is 0 Å². The Morgan fingerprint density at radius 2 is 1.90 bits per heavy atom. The van der Waals surface area contributed by atoms with Crippen LogP contribution in [0.1, 0.15) is 24.8 Å². The molecule has 1 aromatic rings. The lowest BCUT2D eigenvalue weighted by atomic mass is 9.78. The standard InChI is InChI=1S/C16H18INO3/c1-8-6-11(17)4-5-12(8)18-15(19)13-9-2-3-10(7-9)14(13)16(20)21/h4-6,9-10,13-14H,2-3,7H2,1H3,(H,18,19)(H,20,21)/p-1/t9-,10+,13-,14+/m1/s1. The van der Waals surface area contributed by atoms with Gasteiger partial charge in [0.1, 0.15) is 0 Å². The van der Waals surface area contributed by atoms with Crippen molar-refractivity contribution in [2.24, 2.45) is 23.7 Å². The number of anilines is 1. The number of carbonyl (C=O) groups excluding carboxylic acids is 2. The molecule has 3 rings (SSSR count). The van der Waals surface area contributed by atoms with Crippen molar-refractivity contribution in [2.75, 3.05) is 5.32 Å². The van der Waals surface area contributed by atoms with E-state index in [-0.39, 0.29) is 17.7 Å². The number of rotatable bonds is 3. The molecule has 0 aromatic heterocycles. The van der Waals surface area contributed by atoms with E-state index in [1.54, 1.807) is 0 Å². The third-order valence-electron chi connectivity index (χ3n) is 4.94. The van der Waals surface area contributed by atoms with Gasteiger partial charge >= 0.3 is 0 Å². The van der Waals surface area contributed by atoms with Crippen LogP contribution in [0.15, 0.2) is 18.2 Å². The number of amides is 1. The Balaban J connectivity index is 1.80. The summed E-state index contributed by atoms with van der Waals surface area (Å²) >= 11 is 2.22. The molecule has 2 saturated carbocycles. The van der Waals surface area contributed by atoms with Crippen LogP contribution in [0.25, 0.3) is 0 Å². The number of hydrogen-bond donors (Lipinski definition) is 1. The molecule has 0 radical (unpaired) electrons. The number of carboxylic acids is 1. The van der Waals surface area contributed by atoms with Gasteiger partial charge in [-0.3, -0.25) is 4.79 Å². The predicted molar refractivity (Wildman–Crippen MR) is 85.3 cm³/mol. The molecule has 0 heterocycles. The van der Waals surface area contributed by atoms with Gasteiger partial charge in [-0.05, 0) is 84.4 Å². The average molecular weight is 398 g/mol. The second kappa shape index (κ2) is 5.59. The van der Waals surface area contributed by atoms with Crippen LogP contribution in [0.3, 0.4) is 0 Å². The maximum atomic E-state index is 12.6. The summed E-state index contributed by atoms with van der Waals surface area (Å²) < 4.78 is 1.11. The number of halogens is 1. The highest BCUT2D eigenvalue weighted by molar-refractivity contribution is 14.1. The van der Waals surface area contributed by atoms with Crippen molar-refractivity contribution < 1.29 is 14.7 Å². The number of aryl methyl sites for hydroxylation is 1. The van der Waals surface area contributed by atoms with E-state index in [1.807, 2.05) is 25.1 Å². The van der Waals surface area contributed by atoms with E-state index in [9.17, 15) is 14.7 Å². The lowest BCUT2D eigenvalue weighted by molar-refractivity contribution is -0.314. The van der Waals surface area contributed by atoms with Crippen LogP contribution in [0.5, 0.6) is 0 Å². The zero-order valence-corrected chi connectivity index (χ0v) is 13.9. The molecule has 2 aliphatic carbocycles. The van der Waals surface area contributed by atoms with Gasteiger partial charge in [0, 0.05) is 27.1 Å². The van der Waals surface area contributed by atoms with E-state index in [0.717, 1.165) is 34.1 Å². The molecule has 1 amide bonds. The summed E-state index contributed by atoms with van der Waals surface area (Å²) in [7, 11) is 0. The molecule has 2 fully saturated rings. The first-order chi connectivity index (χ1) is 9.97. The number of fused-ring (bicyclic) bond motifs is 2. The van der Waals surface area contributed by atoms with Crippen LogP contribution in [0.4, 0.5) is 5.69 Å². The smallest absolute Gasteiger partial charge is 0.228 e. The first-order valence-electron chi connectivity index (χ1n) is 7.25. The number of carbonyl (C=O) groups is 2. The van der Waals surface area contributed by atoms with Crippen molar-refractivity contribution in [3.63, 3.8) is 0 Å². The van der Waals surface area contributed by atoms with Gasteiger partial charge < -0.3 is 15.2 Å². The minimum absolute atomic E-state index is 0.119. The SMILES string of the molecule is Cc1cc(I)ccc1NC(=O)[C@@H]1[C@@H]2CC[C@@H](C2)[C@@H]1C(=O)[O-]. The molecule has 112 valence electrons. The second-order valence-corrected chi connectivity index (χ2v) is 7.40. The fourth-order valence-corrected chi connectivity index (χ4v) is 4.64. The Kier molecular flexibility index (Phi) is 3.94. The summed E-state index contributed by atoms with van der Waals surface area (Å²) in [6.45, 7) is 1.94. The van der Waals surface area contributed by atoms with Crippen molar-refractivity contribution in [3.8, 4) is 0 Å². The number of hydrogen-bond acceptors (Lipinski definition) is 3. The quantitative estimate of drug-likeness (QED) is 0.792. The van der Waals surface area contributed by atoms with Gasteiger partial charge in [-0.1, -0.05) is 0 Å². The van der Waals surface area contributed by atoms with Crippen LogP contribution < -0.4 is 10.4 Å². The predicted octanol–water partition coefficient (Wildman–Crippen LogP) is 1.95. The summed E-state index contributed by atoms with van der Waals surface area (Å²) in [5.41, 5.74) is 1.75. The zero-order valence-electron chi connectivity index (χ0n) is 11.8. The molecule has 0 aliphatic heterocycles. The monoisotopic (exact) mass is 398 g/mol. The van der Waals surface area contributed by atoms with E-state index in [1.165, 1.54) is 0 Å². The van der Waals surface area contributed by atoms with Crippen molar-refractivity contribution in [3.05, 3.63) is 27.3 Å². The number of aliphatic carboxylic acids is 1. The van der Waals surface area contributed by atoms with Crippen molar-refractivity contribution in [1.82, 2.24) is 0 Å². The van der Waals surface area contributed by atoms with E-state index < -0.39 is 17.8 Å². The van der Waals surface area contributed by atoms with Gasteiger partial charge in [-0.2, -0.15) is 0 Å². The third kappa shape index (κ3) is 2.67. The summed E-state index contributed by atoms with van der Waals surface area (Å²) in [6.07, 6.45) is 2.72. The van der Waals surface area contributed by atoms with E-state index in [0.29, 0.717) is 0 Å². The van der Waals surface area contributed by atoms with Crippen LogP contribution >= 0.6 is 22.6 Å². The molecular formula is C16H17INO3-. The Labute approximate surface area is 137 Å². The van der Waals surface area contributed by atoms with Gasteiger partial charge in [0.05, 0.1) is 0 Å². The molecule has 0 unspecified atom stereocenters. The molecule has 5 heteroatoms. The van der Waals surface area contributed by atoms with Crippen LogP contribution in [0.2, 0.25) is 0 Å². The van der Waals surface area contributed by atoms with E-state index in [4.69, 9.17) is 0 Å². The highest BCUT2D eigenvalue weighted by Crippen LogP contribution is 2.52. The van der Waals surface area contributed by atoms with E-state index >= 15 is 0 Å². The van der Waals surface area contributed by atoms with Crippen molar-refractivity contribution >= 4 is 40.2 Å². The molecule has 4 atom stereocenters. The maximum Gasteiger partial charge on any atom is 0.228 e. The third-order valence-corrected chi connectivity index (χ3v) is 5.61. The molecule has 2 aliphatic rings. The lowest BCUT2D eigenvalue weighted by Gasteiger charge is -2.30. The lowest BCUT2D eigenvalue weighted by Crippen LogP contribution is -2.44. The van der Waals surface area contributed by atoms with Gasteiger partial charge in [0.15, 0.2) is 0 Å². The van der Waals surface area contributed by atoms with Crippen LogP contribution in [-0.4, -0.2) is 11.9 Å².